The molecule has 0 radical (unpaired) electrons. The molecule has 30 heavy (non-hydrogen) atoms. The fraction of sp³-hybridized carbons (Fsp3) is 0.0400. The van der Waals surface area contributed by atoms with Crippen LogP contribution in [0, 0.1) is 0 Å². The largest absolute Gasteiger partial charge is 0.489 e. The zero-order chi connectivity index (χ0) is 20.8. The number of aromatic nitrogens is 1. The summed E-state index contributed by atoms with van der Waals surface area (Å²) in [4.78, 5) is 27.8. The Balaban J connectivity index is 1.49. The van der Waals surface area contributed by atoms with Crippen LogP contribution in [0.1, 0.15) is 15.9 Å². The molecule has 0 spiro atoms. The first-order valence-electron chi connectivity index (χ1n) is 9.56. The zero-order valence-corrected chi connectivity index (χ0v) is 16.2. The van der Waals surface area contributed by atoms with E-state index in [4.69, 9.17) is 4.74 Å². The maximum Gasteiger partial charge on any atom is 0.261 e. The number of hydrogen-bond donors (Lipinski definition) is 2. The van der Waals surface area contributed by atoms with Crippen molar-refractivity contribution in [1.82, 2.24) is 4.98 Å². The van der Waals surface area contributed by atoms with Crippen LogP contribution in [0.5, 0.6) is 5.75 Å². The highest BCUT2D eigenvalue weighted by Gasteiger charge is 2.17. The van der Waals surface area contributed by atoms with Crippen molar-refractivity contribution in [2.75, 3.05) is 5.32 Å². The number of ether oxygens (including phenoxy) is 1. The van der Waals surface area contributed by atoms with E-state index in [2.05, 4.69) is 10.3 Å². The van der Waals surface area contributed by atoms with Crippen LogP contribution in [0.3, 0.4) is 0 Å². The molecule has 2 N–H and O–H groups in total. The highest BCUT2D eigenvalue weighted by molar-refractivity contribution is 6.08. The Labute approximate surface area is 174 Å². The van der Waals surface area contributed by atoms with Gasteiger partial charge in [-0.2, -0.15) is 0 Å². The van der Waals surface area contributed by atoms with Crippen molar-refractivity contribution in [1.29, 1.82) is 0 Å². The summed E-state index contributed by atoms with van der Waals surface area (Å²) in [6.07, 6.45) is 1.54. The number of carbonyl (C=O) groups is 1. The minimum Gasteiger partial charge on any atom is -0.489 e. The van der Waals surface area contributed by atoms with Crippen molar-refractivity contribution >= 4 is 11.6 Å². The van der Waals surface area contributed by atoms with Gasteiger partial charge in [0.2, 0.25) is 0 Å². The Hall–Kier alpha value is -4.12. The van der Waals surface area contributed by atoms with E-state index in [1.165, 1.54) is 0 Å². The SMILES string of the molecule is O=C(Nc1ccc(OCc2ccccc2)cc1)c1c(-c2ccccc2)cc[nH]c1=O. The molecular weight excluding hydrogens is 376 g/mol. The van der Waals surface area contributed by atoms with Gasteiger partial charge in [0, 0.05) is 17.4 Å². The lowest BCUT2D eigenvalue weighted by atomic mass is 10.0. The maximum atomic E-state index is 12.9. The molecule has 0 aliphatic heterocycles. The minimum absolute atomic E-state index is 0.0769. The average molecular weight is 396 g/mol. The van der Waals surface area contributed by atoms with Gasteiger partial charge in [0.05, 0.1) is 0 Å². The van der Waals surface area contributed by atoms with Crippen molar-refractivity contribution in [2.45, 2.75) is 6.61 Å². The van der Waals surface area contributed by atoms with Gasteiger partial charge < -0.3 is 15.0 Å². The van der Waals surface area contributed by atoms with E-state index in [-0.39, 0.29) is 5.56 Å². The number of anilines is 1. The van der Waals surface area contributed by atoms with Crippen molar-refractivity contribution < 1.29 is 9.53 Å². The van der Waals surface area contributed by atoms with Gasteiger partial charge in [0.25, 0.3) is 11.5 Å². The molecule has 0 atom stereocenters. The van der Waals surface area contributed by atoms with E-state index < -0.39 is 11.5 Å². The lowest BCUT2D eigenvalue weighted by Crippen LogP contribution is -2.24. The molecule has 0 saturated carbocycles. The van der Waals surface area contributed by atoms with Crippen molar-refractivity contribution in [3.05, 3.63) is 119 Å². The first kappa shape index (κ1) is 19.2. The Morgan fingerprint density at radius 1 is 0.833 bits per heavy atom. The van der Waals surface area contributed by atoms with Gasteiger partial charge in [0.1, 0.15) is 17.9 Å². The van der Waals surface area contributed by atoms with E-state index >= 15 is 0 Å². The number of rotatable bonds is 6. The molecule has 0 saturated heterocycles. The summed E-state index contributed by atoms with van der Waals surface area (Å²) in [5, 5.41) is 2.80. The van der Waals surface area contributed by atoms with Crippen molar-refractivity contribution in [3.63, 3.8) is 0 Å². The van der Waals surface area contributed by atoms with Gasteiger partial charge in [0.15, 0.2) is 0 Å². The van der Waals surface area contributed by atoms with Gasteiger partial charge in [-0.15, -0.1) is 0 Å². The standard InChI is InChI=1S/C25H20N2O3/c28-24-23(22(15-16-26-24)19-9-5-2-6-10-19)25(29)27-20-11-13-21(14-12-20)30-17-18-7-3-1-4-8-18/h1-16H,17H2,(H,26,28)(H,27,29). The van der Waals surface area contributed by atoms with Gasteiger partial charge in [-0.05, 0) is 41.5 Å². The molecule has 4 aromatic rings. The van der Waals surface area contributed by atoms with Crippen LogP contribution in [0.2, 0.25) is 0 Å². The molecule has 5 heteroatoms. The van der Waals surface area contributed by atoms with Gasteiger partial charge in [-0.1, -0.05) is 60.7 Å². The summed E-state index contributed by atoms with van der Waals surface area (Å²) < 4.78 is 5.77. The van der Waals surface area contributed by atoms with E-state index in [0.29, 0.717) is 23.6 Å². The van der Waals surface area contributed by atoms with Crippen molar-refractivity contribution in [2.24, 2.45) is 0 Å². The first-order valence-corrected chi connectivity index (χ1v) is 9.56. The van der Waals surface area contributed by atoms with Gasteiger partial charge in [-0.25, -0.2) is 0 Å². The van der Waals surface area contributed by atoms with Crippen LogP contribution in [-0.4, -0.2) is 10.9 Å². The van der Waals surface area contributed by atoms with Crippen LogP contribution < -0.4 is 15.6 Å². The lowest BCUT2D eigenvalue weighted by molar-refractivity contribution is 0.102. The molecule has 0 bridgehead atoms. The quantitative estimate of drug-likeness (QED) is 0.488. The van der Waals surface area contributed by atoms with Gasteiger partial charge >= 0.3 is 0 Å². The minimum atomic E-state index is -0.464. The van der Waals surface area contributed by atoms with Crippen LogP contribution in [0.4, 0.5) is 5.69 Å². The summed E-state index contributed by atoms with van der Waals surface area (Å²) in [6, 6.07) is 28.0. The monoisotopic (exact) mass is 396 g/mol. The van der Waals surface area contributed by atoms with Gasteiger partial charge in [-0.3, -0.25) is 9.59 Å². The van der Waals surface area contributed by atoms with Crippen LogP contribution in [0.25, 0.3) is 11.1 Å². The van der Waals surface area contributed by atoms with E-state index in [0.717, 1.165) is 11.1 Å². The molecule has 0 aliphatic carbocycles. The van der Waals surface area contributed by atoms with Crippen LogP contribution in [-0.2, 0) is 6.61 Å². The molecule has 0 unspecified atom stereocenters. The molecule has 4 rings (SSSR count). The van der Waals surface area contributed by atoms with E-state index in [9.17, 15) is 9.59 Å². The lowest BCUT2D eigenvalue weighted by Gasteiger charge is -2.11. The second-order valence-electron chi connectivity index (χ2n) is 6.71. The first-order chi connectivity index (χ1) is 14.7. The average Bonchev–Trinajstić information content (AvgIpc) is 2.79. The maximum absolute atomic E-state index is 12.9. The Morgan fingerprint density at radius 3 is 2.20 bits per heavy atom. The number of hydrogen-bond acceptors (Lipinski definition) is 3. The molecule has 1 aromatic heterocycles. The van der Waals surface area contributed by atoms with E-state index in [1.54, 1.807) is 36.5 Å². The molecule has 3 aromatic carbocycles. The molecular formula is C25H20N2O3. The number of H-pyrrole nitrogens is 1. The smallest absolute Gasteiger partial charge is 0.261 e. The predicted molar refractivity (Wildman–Crippen MR) is 118 cm³/mol. The summed E-state index contributed by atoms with van der Waals surface area (Å²) in [5.74, 6) is 0.230. The number of benzene rings is 3. The molecule has 148 valence electrons. The number of amides is 1. The third kappa shape index (κ3) is 4.47. The Morgan fingerprint density at radius 2 is 1.50 bits per heavy atom. The number of carbonyl (C=O) groups excluding carboxylic acids is 1. The molecule has 1 heterocycles. The summed E-state index contributed by atoms with van der Waals surface area (Å²) in [6.45, 7) is 0.465. The fourth-order valence-corrected chi connectivity index (χ4v) is 3.13. The number of pyridine rings is 1. The summed E-state index contributed by atoms with van der Waals surface area (Å²) >= 11 is 0. The third-order valence-electron chi connectivity index (χ3n) is 4.63. The number of aromatic amines is 1. The van der Waals surface area contributed by atoms with Crippen molar-refractivity contribution in [3.8, 4) is 16.9 Å². The molecule has 0 fully saturated rings. The Kier molecular flexibility index (Phi) is 5.71. The predicted octanol–water partition coefficient (Wildman–Crippen LogP) is 4.87. The second-order valence-corrected chi connectivity index (χ2v) is 6.71. The van der Waals surface area contributed by atoms with Crippen LogP contribution >= 0.6 is 0 Å². The van der Waals surface area contributed by atoms with Crippen LogP contribution in [0.15, 0.2) is 102 Å². The highest BCUT2D eigenvalue weighted by Crippen LogP contribution is 2.22. The number of nitrogens with one attached hydrogen (secondary N) is 2. The molecule has 1 amide bonds. The Bertz CT molecular complexity index is 1180. The summed E-state index contributed by atoms with van der Waals surface area (Å²) in [7, 11) is 0. The fourth-order valence-electron chi connectivity index (χ4n) is 3.13. The van der Waals surface area contributed by atoms with E-state index in [1.807, 2.05) is 60.7 Å². The second kappa shape index (κ2) is 8.92. The third-order valence-corrected chi connectivity index (χ3v) is 4.63. The highest BCUT2D eigenvalue weighted by atomic mass is 16.5. The molecule has 5 nitrogen and oxygen atoms in total. The normalized spacial score (nSPS) is 10.4. The zero-order valence-electron chi connectivity index (χ0n) is 16.2. The summed E-state index contributed by atoms with van der Waals surface area (Å²) in [5.41, 5.74) is 2.68. The topological polar surface area (TPSA) is 71.2 Å². The molecule has 0 aliphatic rings.